The third-order valence-corrected chi connectivity index (χ3v) is 3.09. The van der Waals surface area contributed by atoms with Crippen LogP contribution < -0.4 is 10.1 Å². The number of ether oxygens (including phenoxy) is 1. The first-order valence-corrected chi connectivity index (χ1v) is 6.72. The van der Waals surface area contributed by atoms with E-state index in [2.05, 4.69) is 10.3 Å². The molecule has 5 nitrogen and oxygen atoms in total. The van der Waals surface area contributed by atoms with Gasteiger partial charge in [0.1, 0.15) is 11.6 Å². The number of nitrogens with zero attached hydrogens (tertiary/aromatic N) is 2. The number of para-hydroxylation sites is 1. The Morgan fingerprint density at radius 3 is 3.00 bits per heavy atom. The van der Waals surface area contributed by atoms with Gasteiger partial charge >= 0.3 is 0 Å². The molecule has 0 bridgehead atoms. The Balaban J connectivity index is 1.80. The van der Waals surface area contributed by atoms with Gasteiger partial charge in [0, 0.05) is 18.9 Å². The molecule has 0 fully saturated rings. The van der Waals surface area contributed by atoms with Gasteiger partial charge in [-0.2, -0.15) is 0 Å². The Morgan fingerprint density at radius 1 is 1.45 bits per heavy atom. The number of rotatable bonds is 6. The summed E-state index contributed by atoms with van der Waals surface area (Å²) in [4.78, 5) is 15.9. The fraction of sp³-hybridized carbons (Fsp3) is 0.286. The molecule has 6 heteroatoms. The summed E-state index contributed by atoms with van der Waals surface area (Å²) in [6, 6.07) is 7.04. The molecule has 1 N–H and O–H groups in total. The molecule has 0 saturated heterocycles. The quantitative estimate of drug-likeness (QED) is 0.889. The van der Waals surface area contributed by atoms with Gasteiger partial charge in [0.15, 0.2) is 6.61 Å². The van der Waals surface area contributed by atoms with E-state index in [4.69, 9.17) is 16.3 Å². The molecule has 0 aliphatic rings. The van der Waals surface area contributed by atoms with Crippen LogP contribution in [0.15, 0.2) is 36.7 Å². The predicted octanol–water partition coefficient (Wildman–Crippen LogP) is 2.25. The minimum atomic E-state index is -0.212. The highest BCUT2D eigenvalue weighted by Crippen LogP contribution is 2.22. The fourth-order valence-corrected chi connectivity index (χ4v) is 1.92. The molecule has 1 aromatic heterocycles. The Morgan fingerprint density at radius 2 is 2.25 bits per heavy atom. The third kappa shape index (κ3) is 3.74. The molecular weight excluding hydrogens is 278 g/mol. The summed E-state index contributed by atoms with van der Waals surface area (Å²) in [6.45, 7) is 3.15. The summed E-state index contributed by atoms with van der Waals surface area (Å²) < 4.78 is 7.32. The minimum absolute atomic E-state index is 0.0729. The summed E-state index contributed by atoms with van der Waals surface area (Å²) in [5, 5.41) is 3.25. The van der Waals surface area contributed by atoms with Crippen molar-refractivity contribution in [3.63, 3.8) is 0 Å². The van der Waals surface area contributed by atoms with Gasteiger partial charge < -0.3 is 14.6 Å². The summed E-state index contributed by atoms with van der Waals surface area (Å²) >= 11 is 5.94. The van der Waals surface area contributed by atoms with Crippen molar-refractivity contribution in [1.29, 1.82) is 0 Å². The van der Waals surface area contributed by atoms with Crippen LogP contribution in [0.3, 0.4) is 0 Å². The first kappa shape index (κ1) is 14.4. The highest BCUT2D eigenvalue weighted by atomic mass is 35.5. The number of carbonyl (C=O) groups is 1. The van der Waals surface area contributed by atoms with Gasteiger partial charge in [-0.3, -0.25) is 4.79 Å². The van der Waals surface area contributed by atoms with Crippen LogP contribution in [0.1, 0.15) is 12.7 Å². The maximum Gasteiger partial charge on any atom is 0.258 e. The number of imidazole rings is 1. The molecule has 0 spiro atoms. The van der Waals surface area contributed by atoms with Crippen LogP contribution in [-0.2, 0) is 17.9 Å². The average Bonchev–Trinajstić information content (AvgIpc) is 2.91. The number of benzene rings is 1. The van der Waals surface area contributed by atoms with Crippen molar-refractivity contribution in [2.24, 2.45) is 0 Å². The van der Waals surface area contributed by atoms with E-state index < -0.39 is 0 Å². The maximum absolute atomic E-state index is 11.7. The average molecular weight is 294 g/mol. The Labute approximate surface area is 122 Å². The zero-order valence-corrected chi connectivity index (χ0v) is 11.9. The highest BCUT2D eigenvalue weighted by Gasteiger charge is 2.07. The lowest BCUT2D eigenvalue weighted by Crippen LogP contribution is -2.29. The van der Waals surface area contributed by atoms with Gasteiger partial charge in [0.05, 0.1) is 11.6 Å². The predicted molar refractivity (Wildman–Crippen MR) is 76.7 cm³/mol. The lowest BCUT2D eigenvalue weighted by atomic mass is 10.3. The van der Waals surface area contributed by atoms with Gasteiger partial charge in [0.2, 0.25) is 0 Å². The molecule has 1 aromatic carbocycles. The largest absolute Gasteiger partial charge is 0.482 e. The van der Waals surface area contributed by atoms with Crippen molar-refractivity contribution >= 4 is 17.5 Å². The van der Waals surface area contributed by atoms with E-state index in [9.17, 15) is 4.79 Å². The molecule has 0 saturated carbocycles. The van der Waals surface area contributed by atoms with E-state index in [1.165, 1.54) is 0 Å². The Hall–Kier alpha value is -2.01. The molecular formula is C14H16ClN3O2. The smallest absolute Gasteiger partial charge is 0.258 e. The number of aryl methyl sites for hydroxylation is 1. The lowest BCUT2D eigenvalue weighted by Gasteiger charge is -2.09. The van der Waals surface area contributed by atoms with Gasteiger partial charge in [-0.25, -0.2) is 4.98 Å². The molecule has 2 rings (SSSR count). The van der Waals surface area contributed by atoms with Crippen molar-refractivity contribution in [2.45, 2.75) is 20.0 Å². The van der Waals surface area contributed by atoms with Gasteiger partial charge in [-0.15, -0.1) is 0 Å². The van der Waals surface area contributed by atoms with Gasteiger partial charge in [-0.05, 0) is 19.1 Å². The molecule has 1 heterocycles. The van der Waals surface area contributed by atoms with Crippen molar-refractivity contribution < 1.29 is 9.53 Å². The van der Waals surface area contributed by atoms with Crippen molar-refractivity contribution in [1.82, 2.24) is 14.9 Å². The molecule has 1 amide bonds. The van der Waals surface area contributed by atoms with E-state index in [0.29, 0.717) is 17.3 Å². The summed E-state index contributed by atoms with van der Waals surface area (Å²) in [5.74, 6) is 1.11. The van der Waals surface area contributed by atoms with Gasteiger partial charge in [0.25, 0.3) is 5.91 Å². The zero-order valence-electron chi connectivity index (χ0n) is 11.2. The molecule has 106 valence electrons. The topological polar surface area (TPSA) is 56.2 Å². The van der Waals surface area contributed by atoms with Gasteiger partial charge in [-0.1, -0.05) is 23.7 Å². The summed E-state index contributed by atoms with van der Waals surface area (Å²) in [7, 11) is 0. The minimum Gasteiger partial charge on any atom is -0.482 e. The third-order valence-electron chi connectivity index (χ3n) is 2.78. The first-order valence-electron chi connectivity index (χ1n) is 6.34. The number of nitrogens with one attached hydrogen (secondary N) is 1. The summed E-state index contributed by atoms with van der Waals surface area (Å²) in [5.41, 5.74) is 0. The second-order valence-corrected chi connectivity index (χ2v) is 4.53. The van der Waals surface area contributed by atoms with Crippen LogP contribution in [0.2, 0.25) is 5.02 Å². The molecule has 20 heavy (non-hydrogen) atoms. The van der Waals surface area contributed by atoms with E-state index in [1.54, 1.807) is 30.5 Å². The number of amides is 1. The van der Waals surface area contributed by atoms with Crippen molar-refractivity contribution in [2.75, 3.05) is 6.61 Å². The molecule has 2 aromatic rings. The molecule has 0 unspecified atom stereocenters. The summed E-state index contributed by atoms with van der Waals surface area (Å²) in [6.07, 6.45) is 3.59. The number of aromatic nitrogens is 2. The van der Waals surface area contributed by atoms with E-state index in [0.717, 1.165) is 12.4 Å². The molecule has 0 atom stereocenters. The van der Waals surface area contributed by atoms with Crippen molar-refractivity contribution in [3.8, 4) is 5.75 Å². The van der Waals surface area contributed by atoms with Crippen LogP contribution >= 0.6 is 11.6 Å². The molecule has 0 aliphatic carbocycles. The SMILES string of the molecule is CCn1ccnc1CNC(=O)COc1ccccc1Cl. The van der Waals surface area contributed by atoms with E-state index in [1.807, 2.05) is 17.7 Å². The van der Waals surface area contributed by atoms with Crippen molar-refractivity contribution in [3.05, 3.63) is 47.5 Å². The monoisotopic (exact) mass is 293 g/mol. The van der Waals surface area contributed by atoms with E-state index in [-0.39, 0.29) is 12.5 Å². The second kappa shape index (κ2) is 6.96. The van der Waals surface area contributed by atoms with Crippen LogP contribution in [0.4, 0.5) is 0 Å². The Bertz CT molecular complexity index is 583. The van der Waals surface area contributed by atoms with E-state index >= 15 is 0 Å². The second-order valence-electron chi connectivity index (χ2n) is 4.13. The van der Waals surface area contributed by atoms with Crippen LogP contribution in [0, 0.1) is 0 Å². The number of carbonyl (C=O) groups excluding carboxylic acids is 1. The normalized spacial score (nSPS) is 10.3. The van der Waals surface area contributed by atoms with Crippen LogP contribution in [0.25, 0.3) is 0 Å². The van der Waals surface area contributed by atoms with Crippen LogP contribution in [0.5, 0.6) is 5.75 Å². The Kier molecular flexibility index (Phi) is 5.01. The standard InChI is InChI=1S/C14H16ClN3O2/c1-2-18-8-7-16-13(18)9-17-14(19)10-20-12-6-4-3-5-11(12)15/h3-8H,2,9-10H2,1H3,(H,17,19). The molecule has 0 radical (unpaired) electrons. The number of hydrogen-bond donors (Lipinski definition) is 1. The number of hydrogen-bond acceptors (Lipinski definition) is 3. The lowest BCUT2D eigenvalue weighted by molar-refractivity contribution is -0.123. The maximum atomic E-state index is 11.7. The zero-order chi connectivity index (χ0) is 14.4. The fourth-order valence-electron chi connectivity index (χ4n) is 1.73. The highest BCUT2D eigenvalue weighted by molar-refractivity contribution is 6.32. The first-order chi connectivity index (χ1) is 9.70. The molecule has 0 aliphatic heterocycles. The number of halogens is 1. The van der Waals surface area contributed by atoms with Crippen LogP contribution in [-0.4, -0.2) is 22.1 Å².